The van der Waals surface area contributed by atoms with Crippen molar-refractivity contribution in [2.24, 2.45) is 5.92 Å². The summed E-state index contributed by atoms with van der Waals surface area (Å²) >= 11 is 0. The van der Waals surface area contributed by atoms with E-state index in [1.165, 1.54) is 0 Å². The monoisotopic (exact) mass is 441 g/mol. The average molecular weight is 442 g/mol. The van der Waals surface area contributed by atoms with Crippen LogP contribution in [0.2, 0.25) is 0 Å². The standard InChI is InChI=1S/C23H29N3O4.C2H6/c27-14-18(25-22(29)16-10-11-16)12-13-19(15-28)26-23(30)20-8-4-5-9-21(20)24-17-6-2-1-3-7-17;1-2/h1-9,16,18-19,24,27-28H,10-15H2,(H,25,29)(H,26,30);1-2H3. The van der Waals surface area contributed by atoms with Gasteiger partial charge in [0, 0.05) is 11.6 Å². The van der Waals surface area contributed by atoms with Crippen molar-refractivity contribution in [3.8, 4) is 0 Å². The number of amides is 2. The summed E-state index contributed by atoms with van der Waals surface area (Å²) in [7, 11) is 0. The van der Waals surface area contributed by atoms with Crippen LogP contribution in [0.25, 0.3) is 0 Å². The van der Waals surface area contributed by atoms with Crippen LogP contribution in [0.5, 0.6) is 0 Å². The van der Waals surface area contributed by atoms with Gasteiger partial charge in [0.15, 0.2) is 0 Å². The molecule has 2 aromatic carbocycles. The van der Waals surface area contributed by atoms with E-state index in [1.54, 1.807) is 12.1 Å². The Balaban J connectivity index is 0.00000176. The number of carbonyl (C=O) groups excluding carboxylic acids is 2. The first-order chi connectivity index (χ1) is 15.6. The molecule has 2 aromatic rings. The van der Waals surface area contributed by atoms with Gasteiger partial charge in [0.2, 0.25) is 5.91 Å². The van der Waals surface area contributed by atoms with Crippen LogP contribution in [0.4, 0.5) is 11.4 Å². The Bertz CT molecular complexity index is 840. The molecule has 0 aromatic heterocycles. The van der Waals surface area contributed by atoms with Crippen LogP contribution in [0.3, 0.4) is 0 Å². The van der Waals surface area contributed by atoms with Gasteiger partial charge in [-0.05, 0) is 49.9 Å². The maximum absolute atomic E-state index is 12.8. The van der Waals surface area contributed by atoms with Crippen molar-refractivity contribution in [3.63, 3.8) is 0 Å². The zero-order valence-corrected chi connectivity index (χ0v) is 18.9. The van der Waals surface area contributed by atoms with E-state index in [2.05, 4.69) is 16.0 Å². The second-order valence-electron chi connectivity index (χ2n) is 7.63. The first-order valence-electron chi connectivity index (χ1n) is 11.3. The highest BCUT2D eigenvalue weighted by Gasteiger charge is 2.31. The van der Waals surface area contributed by atoms with Crippen molar-refractivity contribution in [2.45, 2.75) is 51.6 Å². The third-order valence-electron chi connectivity index (χ3n) is 5.16. The number of para-hydroxylation sites is 2. The molecule has 2 unspecified atom stereocenters. The maximum atomic E-state index is 12.8. The molecule has 1 aliphatic rings. The molecule has 32 heavy (non-hydrogen) atoms. The highest BCUT2D eigenvalue weighted by molar-refractivity contribution is 6.00. The lowest BCUT2D eigenvalue weighted by atomic mass is 10.1. The number of rotatable bonds is 11. The van der Waals surface area contributed by atoms with Gasteiger partial charge >= 0.3 is 0 Å². The molecule has 0 radical (unpaired) electrons. The molecule has 7 heteroatoms. The molecule has 0 bridgehead atoms. The minimum atomic E-state index is -0.478. The quantitative estimate of drug-likeness (QED) is 0.368. The van der Waals surface area contributed by atoms with Gasteiger partial charge in [0.1, 0.15) is 0 Å². The van der Waals surface area contributed by atoms with Crippen LogP contribution in [-0.2, 0) is 4.79 Å². The highest BCUT2D eigenvalue weighted by atomic mass is 16.3. The Morgan fingerprint density at radius 2 is 1.44 bits per heavy atom. The lowest BCUT2D eigenvalue weighted by molar-refractivity contribution is -0.123. The Morgan fingerprint density at radius 3 is 2.03 bits per heavy atom. The van der Waals surface area contributed by atoms with Gasteiger partial charge < -0.3 is 26.2 Å². The van der Waals surface area contributed by atoms with Gasteiger partial charge in [-0.3, -0.25) is 9.59 Å². The molecule has 2 atom stereocenters. The smallest absolute Gasteiger partial charge is 0.253 e. The third-order valence-corrected chi connectivity index (χ3v) is 5.16. The van der Waals surface area contributed by atoms with E-state index in [0.717, 1.165) is 18.5 Å². The summed E-state index contributed by atoms with van der Waals surface area (Å²) in [5.74, 6) is -0.254. The van der Waals surface area contributed by atoms with Crippen molar-refractivity contribution in [3.05, 3.63) is 60.2 Å². The van der Waals surface area contributed by atoms with Crippen molar-refractivity contribution in [2.75, 3.05) is 18.5 Å². The molecule has 1 fully saturated rings. The molecular formula is C25H35N3O4. The second-order valence-corrected chi connectivity index (χ2v) is 7.63. The largest absolute Gasteiger partial charge is 0.394 e. The van der Waals surface area contributed by atoms with E-state index < -0.39 is 6.04 Å². The lowest BCUT2D eigenvalue weighted by Crippen LogP contribution is -2.42. The summed E-state index contributed by atoms with van der Waals surface area (Å²) in [4.78, 5) is 24.7. The van der Waals surface area contributed by atoms with Crippen LogP contribution in [0.1, 0.15) is 49.9 Å². The molecule has 7 nitrogen and oxygen atoms in total. The minimum Gasteiger partial charge on any atom is -0.394 e. The molecule has 0 heterocycles. The summed E-state index contributed by atoms with van der Waals surface area (Å²) in [6, 6.07) is 15.9. The molecule has 0 saturated heterocycles. The number of nitrogens with one attached hydrogen (secondary N) is 3. The number of hydrogen-bond donors (Lipinski definition) is 5. The zero-order chi connectivity index (χ0) is 23.3. The normalized spacial score (nSPS) is 14.4. The van der Waals surface area contributed by atoms with Crippen molar-refractivity contribution < 1.29 is 19.8 Å². The summed E-state index contributed by atoms with van der Waals surface area (Å²) in [5, 5.41) is 28.2. The third kappa shape index (κ3) is 7.98. The Hall–Kier alpha value is -2.90. The van der Waals surface area contributed by atoms with Crippen molar-refractivity contribution >= 4 is 23.2 Å². The van der Waals surface area contributed by atoms with E-state index in [9.17, 15) is 19.8 Å². The number of anilines is 2. The fourth-order valence-corrected chi connectivity index (χ4v) is 3.22. The lowest BCUT2D eigenvalue weighted by Gasteiger charge is -2.21. The van der Waals surface area contributed by atoms with Gasteiger partial charge in [0.05, 0.1) is 36.5 Å². The van der Waals surface area contributed by atoms with Gasteiger partial charge in [-0.15, -0.1) is 0 Å². The molecular weight excluding hydrogens is 406 g/mol. The Labute approximate surface area is 190 Å². The SMILES string of the molecule is CC.O=C(NC(CO)CCC(CO)NC(=O)C1CC1)c1ccccc1Nc1ccccc1. The maximum Gasteiger partial charge on any atom is 0.253 e. The molecule has 1 aliphatic carbocycles. The van der Waals surface area contributed by atoms with E-state index in [-0.39, 0.29) is 37.0 Å². The van der Waals surface area contributed by atoms with Crippen LogP contribution in [-0.4, -0.2) is 47.3 Å². The summed E-state index contributed by atoms with van der Waals surface area (Å²) in [5.41, 5.74) is 2.01. The predicted molar refractivity (Wildman–Crippen MR) is 127 cm³/mol. The molecule has 0 spiro atoms. The Morgan fingerprint density at radius 1 is 0.875 bits per heavy atom. The van der Waals surface area contributed by atoms with Crippen LogP contribution >= 0.6 is 0 Å². The second kappa shape index (κ2) is 13.5. The topological polar surface area (TPSA) is 111 Å². The van der Waals surface area contributed by atoms with Gasteiger partial charge in [-0.25, -0.2) is 0 Å². The van der Waals surface area contributed by atoms with E-state index >= 15 is 0 Å². The molecule has 5 N–H and O–H groups in total. The summed E-state index contributed by atoms with van der Waals surface area (Å²) < 4.78 is 0. The van der Waals surface area contributed by atoms with Crippen LogP contribution < -0.4 is 16.0 Å². The molecule has 174 valence electrons. The fourth-order valence-electron chi connectivity index (χ4n) is 3.22. The zero-order valence-electron chi connectivity index (χ0n) is 18.9. The van der Waals surface area contributed by atoms with E-state index in [4.69, 9.17) is 0 Å². The highest BCUT2D eigenvalue weighted by Crippen LogP contribution is 2.29. The van der Waals surface area contributed by atoms with Gasteiger partial charge in [0.25, 0.3) is 5.91 Å². The number of carbonyl (C=O) groups is 2. The molecule has 2 amide bonds. The number of aliphatic hydroxyl groups is 2. The predicted octanol–water partition coefficient (Wildman–Crippen LogP) is 3.21. The first-order valence-corrected chi connectivity index (χ1v) is 11.3. The number of benzene rings is 2. The van der Waals surface area contributed by atoms with Crippen molar-refractivity contribution in [1.29, 1.82) is 0 Å². The Kier molecular flexibility index (Phi) is 10.7. The van der Waals surface area contributed by atoms with Crippen molar-refractivity contribution in [1.82, 2.24) is 10.6 Å². The first kappa shape index (κ1) is 25.4. The van der Waals surface area contributed by atoms with Crippen LogP contribution in [0.15, 0.2) is 54.6 Å². The fraction of sp³-hybridized carbons (Fsp3) is 0.440. The number of hydrogen-bond acceptors (Lipinski definition) is 5. The average Bonchev–Trinajstić information content (AvgIpc) is 3.68. The van der Waals surface area contributed by atoms with Gasteiger partial charge in [-0.1, -0.05) is 44.2 Å². The molecule has 1 saturated carbocycles. The number of aliphatic hydroxyl groups excluding tert-OH is 2. The molecule has 0 aliphatic heterocycles. The summed E-state index contributed by atoms with van der Waals surface area (Å²) in [6.07, 6.45) is 2.70. The van der Waals surface area contributed by atoms with E-state index in [1.807, 2.05) is 56.3 Å². The summed E-state index contributed by atoms with van der Waals surface area (Å²) in [6.45, 7) is 3.60. The van der Waals surface area contributed by atoms with Gasteiger partial charge in [-0.2, -0.15) is 0 Å². The molecule has 3 rings (SSSR count). The minimum absolute atomic E-state index is 0.0282. The van der Waals surface area contributed by atoms with Crippen LogP contribution in [0, 0.1) is 5.92 Å². The van der Waals surface area contributed by atoms with E-state index in [0.29, 0.717) is 24.1 Å².